The number of guanidine groups is 1. The predicted octanol–water partition coefficient (Wildman–Crippen LogP) is -4.88. The Morgan fingerprint density at radius 2 is 1.60 bits per heavy atom. The van der Waals surface area contributed by atoms with Gasteiger partial charge < -0.3 is 59.3 Å². The van der Waals surface area contributed by atoms with Gasteiger partial charge >= 0.3 is 11.9 Å². The molecule has 264 valence electrons. The van der Waals surface area contributed by atoms with E-state index in [-0.39, 0.29) is 44.7 Å². The Morgan fingerprint density at radius 3 is 2.17 bits per heavy atom. The number of nitrogens with two attached hydrogens (primary N) is 4. The summed E-state index contributed by atoms with van der Waals surface area (Å²) in [6, 6.07) is -6.48. The average molecular weight is 689 g/mol. The van der Waals surface area contributed by atoms with Crippen LogP contribution in [-0.4, -0.2) is 130 Å². The zero-order valence-electron chi connectivity index (χ0n) is 25.9. The molecule has 1 saturated heterocycles. The van der Waals surface area contributed by atoms with Gasteiger partial charge in [-0.25, -0.2) is 4.79 Å². The Hall–Kier alpha value is -4.66. The van der Waals surface area contributed by atoms with E-state index in [1.165, 1.54) is 16.7 Å². The highest BCUT2D eigenvalue weighted by atomic mass is 32.2. The summed E-state index contributed by atoms with van der Waals surface area (Å²) in [6.45, 7) is -0.465. The molecule has 0 spiro atoms. The quantitative estimate of drug-likeness (QED) is 0.0307. The molecule has 0 aromatic heterocycles. The number of primary amides is 1. The molecule has 0 aromatic rings. The standard InChI is InChI=1S/C26H44N10O10S/c1-47-9-6-15(25(45)46)35-22(42)16(11-20(39)40)33-19(38)12-32-21(41)14(4-2-7-31-26(29)30)34-23(43)17-5-3-8-36(17)24(44)13(27)10-18(28)37/h13-17H,2-12,27H2,1H3,(H2,28,37)(H,32,41)(H,33,38)(H,34,43)(H,35,42)(H,39,40)(H,45,46)(H4,29,30,31). The van der Waals surface area contributed by atoms with Gasteiger partial charge in [-0.15, -0.1) is 0 Å². The zero-order valence-corrected chi connectivity index (χ0v) is 26.8. The smallest absolute Gasteiger partial charge is 0.326 e. The van der Waals surface area contributed by atoms with Crippen LogP contribution in [0.2, 0.25) is 0 Å². The van der Waals surface area contributed by atoms with E-state index in [0.717, 1.165) is 0 Å². The molecule has 21 heteroatoms. The van der Waals surface area contributed by atoms with Gasteiger partial charge in [0.05, 0.1) is 25.4 Å². The largest absolute Gasteiger partial charge is 0.481 e. The highest BCUT2D eigenvalue weighted by Crippen LogP contribution is 2.19. The average Bonchev–Trinajstić information content (AvgIpc) is 3.48. The summed E-state index contributed by atoms with van der Waals surface area (Å²) in [7, 11) is 0. The molecule has 1 fully saturated rings. The molecule has 5 unspecified atom stereocenters. The van der Waals surface area contributed by atoms with Crippen LogP contribution in [0.4, 0.5) is 0 Å². The highest BCUT2D eigenvalue weighted by molar-refractivity contribution is 7.98. The van der Waals surface area contributed by atoms with Crippen molar-refractivity contribution in [3.8, 4) is 0 Å². The summed E-state index contributed by atoms with van der Waals surface area (Å²) in [5.74, 6) is -7.60. The van der Waals surface area contributed by atoms with Crippen LogP contribution in [-0.2, 0) is 38.4 Å². The van der Waals surface area contributed by atoms with Gasteiger partial charge in [0.25, 0.3) is 0 Å². The van der Waals surface area contributed by atoms with Gasteiger partial charge in [-0.05, 0) is 44.1 Å². The minimum Gasteiger partial charge on any atom is -0.481 e. The molecular weight excluding hydrogens is 644 g/mol. The second-order valence-corrected chi connectivity index (χ2v) is 11.6. The minimum absolute atomic E-state index is 0.00546. The number of aliphatic carboxylic acids is 2. The Balaban J connectivity index is 2.97. The SMILES string of the molecule is CSCCC(NC(=O)C(CC(=O)O)NC(=O)CNC(=O)C(CCCN=C(N)N)NC(=O)C1CCCN1C(=O)C(N)CC(N)=O)C(=O)O. The van der Waals surface area contributed by atoms with Gasteiger partial charge in [-0.3, -0.25) is 38.6 Å². The van der Waals surface area contributed by atoms with Gasteiger partial charge in [-0.2, -0.15) is 11.8 Å². The van der Waals surface area contributed by atoms with Crippen LogP contribution in [0.5, 0.6) is 0 Å². The maximum Gasteiger partial charge on any atom is 0.326 e. The number of carbonyl (C=O) groups is 8. The number of carboxylic acid groups (broad SMARTS) is 2. The first-order chi connectivity index (χ1) is 22.1. The first-order valence-electron chi connectivity index (χ1n) is 14.6. The molecule has 0 saturated carbocycles. The highest BCUT2D eigenvalue weighted by Gasteiger charge is 2.38. The van der Waals surface area contributed by atoms with Crippen molar-refractivity contribution in [2.75, 3.05) is 31.6 Å². The summed E-state index contributed by atoms with van der Waals surface area (Å²) in [4.78, 5) is 103. The van der Waals surface area contributed by atoms with Crippen LogP contribution in [0.3, 0.4) is 0 Å². The zero-order chi connectivity index (χ0) is 35.7. The topological polar surface area (TPSA) is 345 Å². The third-order valence-corrected chi connectivity index (χ3v) is 7.48. The second-order valence-electron chi connectivity index (χ2n) is 10.6. The summed E-state index contributed by atoms with van der Waals surface area (Å²) < 4.78 is 0. The van der Waals surface area contributed by atoms with E-state index in [1.807, 2.05) is 0 Å². The lowest BCUT2D eigenvalue weighted by Crippen LogP contribution is -2.56. The lowest BCUT2D eigenvalue weighted by Gasteiger charge is -2.28. The number of carbonyl (C=O) groups excluding carboxylic acids is 6. The number of nitrogens with zero attached hydrogens (tertiary/aromatic N) is 2. The van der Waals surface area contributed by atoms with Gasteiger partial charge in [-0.1, -0.05) is 0 Å². The molecule has 14 N–H and O–H groups in total. The minimum atomic E-state index is -1.66. The molecular formula is C26H44N10O10S. The number of likely N-dealkylation sites (tertiary alicyclic amines) is 1. The molecule has 1 aliphatic heterocycles. The van der Waals surface area contributed by atoms with E-state index in [1.54, 1.807) is 6.26 Å². The molecule has 47 heavy (non-hydrogen) atoms. The van der Waals surface area contributed by atoms with E-state index in [2.05, 4.69) is 26.3 Å². The molecule has 0 radical (unpaired) electrons. The summed E-state index contributed by atoms with van der Waals surface area (Å²) in [5.41, 5.74) is 21.6. The van der Waals surface area contributed by atoms with Crippen LogP contribution in [0, 0.1) is 0 Å². The van der Waals surface area contributed by atoms with E-state index in [0.29, 0.717) is 12.2 Å². The van der Waals surface area contributed by atoms with Crippen LogP contribution < -0.4 is 44.2 Å². The van der Waals surface area contributed by atoms with E-state index in [4.69, 9.17) is 22.9 Å². The molecule has 5 atom stereocenters. The van der Waals surface area contributed by atoms with Crippen molar-refractivity contribution in [2.24, 2.45) is 27.9 Å². The lowest BCUT2D eigenvalue weighted by molar-refractivity contribution is -0.143. The van der Waals surface area contributed by atoms with Crippen LogP contribution >= 0.6 is 11.8 Å². The van der Waals surface area contributed by atoms with Crippen molar-refractivity contribution in [2.45, 2.75) is 75.2 Å². The van der Waals surface area contributed by atoms with Crippen molar-refractivity contribution in [3.63, 3.8) is 0 Å². The third kappa shape index (κ3) is 15.0. The monoisotopic (exact) mass is 688 g/mol. The Labute approximate surface area is 274 Å². The van der Waals surface area contributed by atoms with E-state index >= 15 is 0 Å². The molecule has 6 amide bonds. The lowest BCUT2D eigenvalue weighted by atomic mass is 10.1. The number of nitrogens with one attached hydrogen (secondary N) is 4. The summed E-state index contributed by atoms with van der Waals surface area (Å²) in [6.07, 6.45) is 1.39. The maximum atomic E-state index is 13.2. The molecule has 0 aromatic carbocycles. The van der Waals surface area contributed by atoms with Gasteiger partial charge in [0.15, 0.2) is 5.96 Å². The maximum absolute atomic E-state index is 13.2. The third-order valence-electron chi connectivity index (χ3n) is 6.83. The number of aliphatic imine (C=N–C) groups is 1. The molecule has 1 aliphatic rings. The van der Waals surface area contributed by atoms with Gasteiger partial charge in [0.2, 0.25) is 35.4 Å². The van der Waals surface area contributed by atoms with Crippen molar-refractivity contribution < 1.29 is 48.6 Å². The van der Waals surface area contributed by atoms with Crippen LogP contribution in [0.1, 0.15) is 44.9 Å². The Kier molecular flexibility index (Phi) is 17.6. The van der Waals surface area contributed by atoms with Crippen molar-refractivity contribution >= 4 is 65.1 Å². The Bertz CT molecular complexity index is 1200. The number of rotatable bonds is 21. The Morgan fingerprint density at radius 1 is 0.915 bits per heavy atom. The van der Waals surface area contributed by atoms with Crippen molar-refractivity contribution in [1.82, 2.24) is 26.2 Å². The van der Waals surface area contributed by atoms with Crippen LogP contribution in [0.15, 0.2) is 4.99 Å². The fraction of sp³-hybridized carbons (Fsp3) is 0.654. The van der Waals surface area contributed by atoms with Gasteiger partial charge in [0.1, 0.15) is 24.2 Å². The first-order valence-corrected chi connectivity index (χ1v) is 16.0. The number of hydrogen-bond acceptors (Lipinski definition) is 11. The molecule has 1 heterocycles. The first kappa shape index (κ1) is 40.4. The molecule has 0 aliphatic carbocycles. The predicted molar refractivity (Wildman–Crippen MR) is 168 cm³/mol. The van der Waals surface area contributed by atoms with E-state index < -0.39 is 97.0 Å². The van der Waals surface area contributed by atoms with Crippen LogP contribution in [0.25, 0.3) is 0 Å². The fourth-order valence-electron chi connectivity index (χ4n) is 4.55. The number of carboxylic acids is 2. The molecule has 0 bridgehead atoms. The fourth-order valence-corrected chi connectivity index (χ4v) is 5.02. The van der Waals surface area contributed by atoms with E-state index in [9.17, 15) is 48.6 Å². The molecule has 20 nitrogen and oxygen atoms in total. The van der Waals surface area contributed by atoms with Gasteiger partial charge in [0, 0.05) is 13.1 Å². The molecule has 1 rings (SSSR count). The normalized spacial score (nSPS) is 16.5. The summed E-state index contributed by atoms with van der Waals surface area (Å²) in [5, 5.41) is 27.8. The number of amides is 6. The second kappa shape index (κ2) is 20.5. The summed E-state index contributed by atoms with van der Waals surface area (Å²) >= 11 is 1.34. The van der Waals surface area contributed by atoms with Crippen molar-refractivity contribution in [1.29, 1.82) is 0 Å². The van der Waals surface area contributed by atoms with Crippen molar-refractivity contribution in [3.05, 3.63) is 0 Å². The number of thioether (sulfide) groups is 1. The number of hydrogen-bond donors (Lipinski definition) is 10.